The summed E-state index contributed by atoms with van der Waals surface area (Å²) in [5.74, 6) is -0.378. The van der Waals surface area contributed by atoms with Crippen molar-refractivity contribution in [2.24, 2.45) is 0 Å². The lowest BCUT2D eigenvalue weighted by Crippen LogP contribution is -2.12. The molecule has 0 bridgehead atoms. The number of benzene rings is 1. The van der Waals surface area contributed by atoms with Gasteiger partial charge < -0.3 is 0 Å². The van der Waals surface area contributed by atoms with Gasteiger partial charge >= 0.3 is 0 Å². The number of carbonyl (C=O) groups excluding carboxylic acids is 1. The van der Waals surface area contributed by atoms with E-state index in [1.807, 2.05) is 20.8 Å². The van der Waals surface area contributed by atoms with Gasteiger partial charge in [0.2, 0.25) is 5.13 Å². The van der Waals surface area contributed by atoms with Crippen LogP contribution in [0.4, 0.5) is 9.52 Å². The third-order valence-electron chi connectivity index (χ3n) is 4.20. The van der Waals surface area contributed by atoms with Gasteiger partial charge in [0, 0.05) is 17.5 Å². The van der Waals surface area contributed by atoms with Crippen molar-refractivity contribution in [3.05, 3.63) is 58.6 Å². The Morgan fingerprint density at radius 1 is 1.21 bits per heavy atom. The zero-order chi connectivity index (χ0) is 19.8. The van der Waals surface area contributed by atoms with Crippen molar-refractivity contribution in [3.63, 3.8) is 0 Å². The van der Waals surface area contributed by atoms with Crippen LogP contribution in [0.5, 0.6) is 0 Å². The molecule has 1 amide bonds. The smallest absolute Gasteiger partial charge is 0.259 e. The lowest BCUT2D eigenvalue weighted by molar-refractivity contribution is 0.102. The van der Waals surface area contributed by atoms with Crippen molar-refractivity contribution in [2.45, 2.75) is 26.7 Å². The Morgan fingerprint density at radius 2 is 1.96 bits per heavy atom. The number of nitrogens with zero attached hydrogens (tertiary/aromatic N) is 5. The lowest BCUT2D eigenvalue weighted by atomic mass is 10.2. The Labute approximate surface area is 164 Å². The summed E-state index contributed by atoms with van der Waals surface area (Å²) in [6.07, 6.45) is 1.49. The zero-order valence-electron chi connectivity index (χ0n) is 15.5. The first-order valence-corrected chi connectivity index (χ1v) is 9.50. The Hall–Kier alpha value is -3.20. The number of carbonyl (C=O) groups is 1. The Kier molecular flexibility index (Phi) is 4.60. The highest BCUT2D eigenvalue weighted by Gasteiger charge is 2.16. The van der Waals surface area contributed by atoms with E-state index in [2.05, 4.69) is 25.6 Å². The molecule has 0 spiro atoms. The van der Waals surface area contributed by atoms with Crippen LogP contribution in [0.2, 0.25) is 0 Å². The second-order valence-electron chi connectivity index (χ2n) is 6.62. The van der Waals surface area contributed by atoms with E-state index in [9.17, 15) is 9.18 Å². The molecular weight excluding hydrogens is 379 g/mol. The van der Waals surface area contributed by atoms with Crippen LogP contribution in [-0.2, 0) is 0 Å². The number of fused-ring (bicyclic) bond motifs is 1. The maximum Gasteiger partial charge on any atom is 0.259 e. The molecule has 0 atom stereocenters. The minimum absolute atomic E-state index is 0.251. The molecule has 0 saturated carbocycles. The van der Waals surface area contributed by atoms with Crippen LogP contribution in [0.3, 0.4) is 0 Å². The molecule has 0 saturated heterocycles. The molecule has 3 heterocycles. The van der Waals surface area contributed by atoms with Crippen LogP contribution in [-0.4, -0.2) is 30.9 Å². The Morgan fingerprint density at radius 3 is 2.64 bits per heavy atom. The third-order valence-corrected chi connectivity index (χ3v) is 5.33. The number of nitrogens with one attached hydrogen (secondary N) is 1. The maximum absolute atomic E-state index is 13.2. The van der Waals surface area contributed by atoms with Gasteiger partial charge in [0.25, 0.3) is 5.91 Å². The predicted molar refractivity (Wildman–Crippen MR) is 106 cm³/mol. The molecule has 142 valence electrons. The highest BCUT2D eigenvalue weighted by molar-refractivity contribution is 7.15. The largest absolute Gasteiger partial charge is 0.296 e. The van der Waals surface area contributed by atoms with Crippen molar-refractivity contribution in [2.75, 3.05) is 5.32 Å². The monoisotopic (exact) mass is 396 g/mol. The summed E-state index contributed by atoms with van der Waals surface area (Å²) in [5, 5.41) is 17.4. The fraction of sp³-hybridized carbons (Fsp3) is 0.211. The molecule has 1 N–H and O–H groups in total. The van der Waals surface area contributed by atoms with Crippen molar-refractivity contribution >= 4 is 33.4 Å². The van der Waals surface area contributed by atoms with E-state index < -0.39 is 0 Å². The van der Waals surface area contributed by atoms with Gasteiger partial charge in [0.05, 0.1) is 16.9 Å². The molecule has 7 nitrogen and oxygen atoms in total. The SMILES string of the molecule is Cc1nn(-c2ccc(F)cc2)c2ncc(C(=O)Nc3nnc(C(C)C)s3)cc12. The highest BCUT2D eigenvalue weighted by Crippen LogP contribution is 2.24. The fourth-order valence-electron chi connectivity index (χ4n) is 2.72. The Balaban J connectivity index is 1.65. The van der Waals surface area contributed by atoms with Gasteiger partial charge in [-0.3, -0.25) is 10.1 Å². The van der Waals surface area contributed by atoms with Crippen LogP contribution >= 0.6 is 11.3 Å². The van der Waals surface area contributed by atoms with Crippen molar-refractivity contribution in [1.29, 1.82) is 0 Å². The molecule has 0 unspecified atom stereocenters. The van der Waals surface area contributed by atoms with Crippen molar-refractivity contribution in [3.8, 4) is 5.69 Å². The second-order valence-corrected chi connectivity index (χ2v) is 7.63. The van der Waals surface area contributed by atoms with E-state index >= 15 is 0 Å². The van der Waals surface area contributed by atoms with E-state index in [0.29, 0.717) is 22.0 Å². The number of aryl methyl sites for hydroxylation is 1. The summed E-state index contributed by atoms with van der Waals surface area (Å²) >= 11 is 1.35. The number of aromatic nitrogens is 5. The molecular formula is C19H17FN6OS. The molecule has 0 fully saturated rings. The van der Waals surface area contributed by atoms with Gasteiger partial charge in [-0.1, -0.05) is 25.2 Å². The van der Waals surface area contributed by atoms with Crippen molar-refractivity contribution in [1.82, 2.24) is 25.0 Å². The Bertz CT molecular complexity index is 1170. The van der Waals surface area contributed by atoms with Gasteiger partial charge in [-0.15, -0.1) is 10.2 Å². The first-order valence-electron chi connectivity index (χ1n) is 8.68. The number of anilines is 1. The molecule has 9 heteroatoms. The predicted octanol–water partition coefficient (Wildman–Crippen LogP) is 4.10. The molecule has 1 aromatic carbocycles. The maximum atomic E-state index is 13.2. The molecule has 0 aliphatic heterocycles. The molecule has 4 rings (SSSR count). The average Bonchev–Trinajstić information content (AvgIpc) is 3.27. The molecule has 4 aromatic rings. The quantitative estimate of drug-likeness (QED) is 0.561. The average molecular weight is 396 g/mol. The van der Waals surface area contributed by atoms with E-state index in [1.165, 1.54) is 29.7 Å². The number of rotatable bonds is 4. The topological polar surface area (TPSA) is 85.6 Å². The lowest BCUT2D eigenvalue weighted by Gasteiger charge is -2.04. The fourth-order valence-corrected chi connectivity index (χ4v) is 3.46. The molecule has 0 aliphatic rings. The van der Waals surface area contributed by atoms with E-state index in [-0.39, 0.29) is 17.6 Å². The number of pyridine rings is 1. The summed E-state index contributed by atoms with van der Waals surface area (Å²) in [6, 6.07) is 7.74. The molecule has 0 aliphatic carbocycles. The molecule has 0 radical (unpaired) electrons. The summed E-state index contributed by atoms with van der Waals surface area (Å²) in [5.41, 5.74) is 2.41. The number of amides is 1. The van der Waals surface area contributed by atoms with Gasteiger partial charge in [-0.05, 0) is 37.3 Å². The summed E-state index contributed by atoms with van der Waals surface area (Å²) in [4.78, 5) is 17.0. The third kappa shape index (κ3) is 3.36. The summed E-state index contributed by atoms with van der Waals surface area (Å²) in [7, 11) is 0. The van der Waals surface area contributed by atoms with Crippen molar-refractivity contribution < 1.29 is 9.18 Å². The standard InChI is InChI=1S/C19H17FN6OS/c1-10(2)18-23-24-19(28-18)22-17(27)12-8-15-11(3)25-26(16(15)21-9-12)14-6-4-13(20)5-7-14/h4-10H,1-3H3,(H,22,24,27). The minimum atomic E-state index is -0.318. The van der Waals surface area contributed by atoms with Gasteiger partial charge in [-0.2, -0.15) is 5.10 Å². The van der Waals surface area contributed by atoms with Crippen LogP contribution in [0, 0.1) is 12.7 Å². The normalized spacial score (nSPS) is 11.3. The first-order chi connectivity index (χ1) is 13.4. The number of hydrogen-bond acceptors (Lipinski definition) is 6. The van der Waals surface area contributed by atoms with E-state index in [0.717, 1.165) is 16.1 Å². The van der Waals surface area contributed by atoms with E-state index in [4.69, 9.17) is 0 Å². The number of halogens is 1. The summed E-state index contributed by atoms with van der Waals surface area (Å²) in [6.45, 7) is 5.88. The van der Waals surface area contributed by atoms with Gasteiger partial charge in [0.15, 0.2) is 5.65 Å². The minimum Gasteiger partial charge on any atom is -0.296 e. The van der Waals surface area contributed by atoms with Gasteiger partial charge in [0.1, 0.15) is 10.8 Å². The van der Waals surface area contributed by atoms with Gasteiger partial charge in [-0.25, -0.2) is 14.1 Å². The number of hydrogen-bond donors (Lipinski definition) is 1. The van der Waals surface area contributed by atoms with Crippen LogP contribution in [0.15, 0.2) is 36.5 Å². The second kappa shape index (κ2) is 7.08. The van der Waals surface area contributed by atoms with Crippen LogP contribution in [0.1, 0.15) is 40.8 Å². The van der Waals surface area contributed by atoms with E-state index in [1.54, 1.807) is 22.9 Å². The molecule has 28 heavy (non-hydrogen) atoms. The molecule has 3 aromatic heterocycles. The zero-order valence-corrected chi connectivity index (χ0v) is 16.3. The summed E-state index contributed by atoms with van der Waals surface area (Å²) < 4.78 is 14.8. The first kappa shape index (κ1) is 18.2. The van der Waals surface area contributed by atoms with Crippen LogP contribution in [0.25, 0.3) is 16.7 Å². The highest BCUT2D eigenvalue weighted by atomic mass is 32.1. The van der Waals surface area contributed by atoms with Crippen LogP contribution < -0.4 is 5.32 Å².